The standard InChI is InChI=1S/C36H56BFN6O5/c1-9-43(17-10-11-18-44-22-29(41-42-44)27-13-12-14-28(39)19-27)33-26(5)40-21-23(2)20-35(6,48-8)32(37)24(3)31(45)25(4)34(46)49-30(15-16-38)36(33,7)47/h1,12-14,19,22-26,30,32-33,40,47H,10-11,15-18,20-21,37,39H2,2-8H3/t23-,24+,25-,26-,30-,32-,33-,35-,36-/m1/s1. The number of carbonyl (C=O) groups excluding carboxylic acids is 2. The summed E-state index contributed by atoms with van der Waals surface area (Å²) >= 11 is 0. The van der Waals surface area contributed by atoms with Gasteiger partial charge in [0, 0.05) is 55.9 Å². The number of carbonyl (C=O) groups is 2. The molecule has 1 aromatic heterocycles. The first-order chi connectivity index (χ1) is 23.1. The lowest BCUT2D eigenvalue weighted by Crippen LogP contribution is -2.64. The van der Waals surface area contributed by atoms with Crippen LogP contribution in [0.3, 0.4) is 0 Å². The van der Waals surface area contributed by atoms with Gasteiger partial charge in [0.2, 0.25) is 0 Å². The topological polar surface area (TPSA) is 145 Å². The van der Waals surface area contributed by atoms with E-state index in [9.17, 15) is 19.1 Å². The van der Waals surface area contributed by atoms with Crippen LogP contribution in [0.25, 0.3) is 11.3 Å². The summed E-state index contributed by atoms with van der Waals surface area (Å²) in [7, 11) is 3.60. The van der Waals surface area contributed by atoms with E-state index in [1.165, 1.54) is 13.8 Å². The molecule has 2 aromatic rings. The number of hydrogen-bond donors (Lipinski definition) is 3. The molecular weight excluding hydrogens is 626 g/mol. The van der Waals surface area contributed by atoms with Crippen LogP contribution in [0.2, 0.25) is 5.82 Å². The van der Waals surface area contributed by atoms with Gasteiger partial charge in [-0.15, -0.1) is 5.10 Å². The molecule has 1 aliphatic heterocycles. The summed E-state index contributed by atoms with van der Waals surface area (Å²) in [5.74, 6) is -2.81. The number of Topliss-reactive ketones (excluding diaryl/α,β-unsaturated/α-hetero) is 1. The molecule has 49 heavy (non-hydrogen) atoms. The Bertz CT molecular complexity index is 1430. The highest BCUT2D eigenvalue weighted by molar-refractivity contribution is 6.15. The van der Waals surface area contributed by atoms with Crippen molar-refractivity contribution in [1.29, 1.82) is 0 Å². The van der Waals surface area contributed by atoms with Crippen LogP contribution >= 0.6 is 0 Å². The normalized spacial score (nSPS) is 32.0. The minimum atomic E-state index is -1.79. The van der Waals surface area contributed by atoms with E-state index in [1.54, 1.807) is 23.6 Å². The van der Waals surface area contributed by atoms with Crippen LogP contribution < -0.4 is 11.1 Å². The molecule has 3 rings (SSSR count). The number of unbranched alkanes of at least 4 members (excludes halogenated alkanes) is 1. The van der Waals surface area contributed by atoms with Gasteiger partial charge >= 0.3 is 5.97 Å². The van der Waals surface area contributed by atoms with Crippen LogP contribution in [0.15, 0.2) is 30.5 Å². The lowest BCUT2D eigenvalue weighted by Gasteiger charge is -2.46. The second kappa shape index (κ2) is 17.5. The van der Waals surface area contributed by atoms with Crippen LogP contribution in [0.5, 0.6) is 0 Å². The first-order valence-corrected chi connectivity index (χ1v) is 17.4. The van der Waals surface area contributed by atoms with Crippen LogP contribution in [-0.4, -0.2) is 101 Å². The fourth-order valence-corrected chi connectivity index (χ4v) is 7.18. The average molecular weight is 683 g/mol. The van der Waals surface area contributed by atoms with Gasteiger partial charge in [0.05, 0.1) is 24.5 Å². The molecule has 13 heteroatoms. The van der Waals surface area contributed by atoms with E-state index in [-0.39, 0.29) is 23.9 Å². The number of alkyl halides is 1. The summed E-state index contributed by atoms with van der Waals surface area (Å²) in [5, 5.41) is 24.3. The molecule has 0 unspecified atom stereocenters. The number of terminal acetylenes is 1. The molecule has 1 aliphatic rings. The molecule has 0 aliphatic carbocycles. The number of anilines is 1. The minimum Gasteiger partial charge on any atom is -0.459 e. The van der Waals surface area contributed by atoms with Gasteiger partial charge in [0.15, 0.2) is 0 Å². The largest absolute Gasteiger partial charge is 0.459 e. The molecule has 0 saturated carbocycles. The molecule has 270 valence electrons. The van der Waals surface area contributed by atoms with Gasteiger partial charge in [-0.1, -0.05) is 37.6 Å². The Balaban J connectivity index is 1.86. The maximum absolute atomic E-state index is 14.0. The van der Waals surface area contributed by atoms with E-state index in [0.717, 1.165) is 11.3 Å². The highest BCUT2D eigenvalue weighted by atomic mass is 19.1. The minimum absolute atomic E-state index is 0.115. The Hall–Kier alpha value is -3.47. The monoisotopic (exact) mass is 682 g/mol. The molecule has 1 fully saturated rings. The van der Waals surface area contributed by atoms with E-state index in [2.05, 4.69) is 28.6 Å². The van der Waals surface area contributed by atoms with Crippen molar-refractivity contribution in [2.75, 3.05) is 32.6 Å². The van der Waals surface area contributed by atoms with E-state index < -0.39 is 53.9 Å². The molecule has 0 spiro atoms. The summed E-state index contributed by atoms with van der Waals surface area (Å²) in [6.45, 7) is 11.6. The van der Waals surface area contributed by atoms with Gasteiger partial charge in [-0.3, -0.25) is 18.7 Å². The van der Waals surface area contributed by atoms with Crippen molar-refractivity contribution in [3.05, 3.63) is 30.5 Å². The summed E-state index contributed by atoms with van der Waals surface area (Å²) in [5.41, 5.74) is 5.73. The van der Waals surface area contributed by atoms with E-state index >= 15 is 0 Å². The number of esters is 1. The maximum Gasteiger partial charge on any atom is 0.316 e. The van der Waals surface area contributed by atoms with E-state index in [1.807, 2.05) is 52.2 Å². The Morgan fingerprint density at radius 3 is 2.61 bits per heavy atom. The van der Waals surface area contributed by atoms with Gasteiger partial charge in [0.25, 0.3) is 0 Å². The first kappa shape index (κ1) is 40.0. The van der Waals surface area contributed by atoms with Crippen molar-refractivity contribution in [3.8, 4) is 23.7 Å². The predicted octanol–water partition coefficient (Wildman–Crippen LogP) is 3.28. The lowest BCUT2D eigenvalue weighted by molar-refractivity contribution is -0.179. The fourth-order valence-electron chi connectivity index (χ4n) is 7.18. The van der Waals surface area contributed by atoms with Crippen molar-refractivity contribution < 1.29 is 28.6 Å². The molecule has 11 nitrogen and oxygen atoms in total. The van der Waals surface area contributed by atoms with Gasteiger partial charge in [-0.25, -0.2) is 0 Å². The number of methoxy groups -OCH3 is 1. The SMILES string of the molecule is B[C@@H]1[C@@H](C)C(=O)[C@@H](C)C(=O)O[C@H](CCF)[C@@](C)(O)[C@H](N(C#C)CCCCn2cc(-c3cccc(N)c3)nn2)[C@@H](C)NC[C@H](C)C[C@@]1(C)OC. The quantitative estimate of drug-likeness (QED) is 0.0650. The number of nitrogens with zero attached hydrogens (tertiary/aromatic N) is 4. The van der Waals surface area contributed by atoms with Crippen LogP contribution in [-0.2, 0) is 25.6 Å². The summed E-state index contributed by atoms with van der Waals surface area (Å²) < 4.78 is 27.6. The van der Waals surface area contributed by atoms with Gasteiger partial charge in [-0.2, -0.15) is 0 Å². The third kappa shape index (κ3) is 9.83. The molecule has 0 radical (unpaired) electrons. The number of nitrogens with two attached hydrogens (primary N) is 1. The molecule has 0 amide bonds. The number of nitrogens with one attached hydrogen (secondary N) is 1. The Morgan fingerprint density at radius 2 is 1.98 bits per heavy atom. The molecule has 9 atom stereocenters. The summed E-state index contributed by atoms with van der Waals surface area (Å²) in [6.07, 6.45) is 8.45. The molecular formula is C36H56BFN6O5. The zero-order valence-electron chi connectivity index (χ0n) is 30.5. The Morgan fingerprint density at radius 1 is 1.27 bits per heavy atom. The number of aryl methyl sites for hydroxylation is 1. The highest BCUT2D eigenvalue weighted by Crippen LogP contribution is 2.38. The molecule has 2 heterocycles. The number of ketones is 1. The van der Waals surface area contributed by atoms with Crippen LogP contribution in [0.1, 0.15) is 67.2 Å². The third-order valence-corrected chi connectivity index (χ3v) is 10.6. The number of ether oxygens (including phenoxy) is 2. The van der Waals surface area contributed by atoms with Gasteiger partial charge in [-0.05, 0) is 77.4 Å². The Kier molecular flexibility index (Phi) is 14.2. The average Bonchev–Trinajstić information content (AvgIpc) is 3.55. The summed E-state index contributed by atoms with van der Waals surface area (Å²) in [6, 6.07) is 9.02. The number of benzene rings is 1. The summed E-state index contributed by atoms with van der Waals surface area (Å²) in [4.78, 5) is 28.7. The highest BCUT2D eigenvalue weighted by Gasteiger charge is 2.49. The van der Waals surface area contributed by atoms with Crippen molar-refractivity contribution in [1.82, 2.24) is 25.2 Å². The van der Waals surface area contributed by atoms with Crippen molar-refractivity contribution in [2.45, 2.75) is 109 Å². The maximum atomic E-state index is 14.0. The van der Waals surface area contributed by atoms with Crippen molar-refractivity contribution >= 4 is 25.3 Å². The predicted molar refractivity (Wildman–Crippen MR) is 192 cm³/mol. The molecule has 1 aromatic carbocycles. The fraction of sp³-hybridized carbons (Fsp3) is 0.667. The van der Waals surface area contributed by atoms with Crippen molar-refractivity contribution in [3.63, 3.8) is 0 Å². The molecule has 4 N–H and O–H groups in total. The number of aliphatic hydroxyl groups is 1. The van der Waals surface area contributed by atoms with Crippen LogP contribution in [0.4, 0.5) is 10.1 Å². The molecule has 0 bridgehead atoms. The van der Waals surface area contributed by atoms with Crippen LogP contribution in [0, 0.1) is 30.2 Å². The number of halogens is 1. The lowest BCUT2D eigenvalue weighted by atomic mass is 9.62. The number of cyclic esters (lactones) is 1. The Labute approximate surface area is 292 Å². The number of aromatic nitrogens is 3. The van der Waals surface area contributed by atoms with Gasteiger partial charge in [0.1, 0.15) is 36.9 Å². The van der Waals surface area contributed by atoms with E-state index in [4.69, 9.17) is 21.6 Å². The second-order valence-electron chi connectivity index (χ2n) is 14.3. The second-order valence-corrected chi connectivity index (χ2v) is 14.3. The third-order valence-electron chi connectivity index (χ3n) is 10.6. The first-order valence-electron chi connectivity index (χ1n) is 17.4. The van der Waals surface area contributed by atoms with Gasteiger partial charge < -0.3 is 30.5 Å². The number of nitrogen functional groups attached to an aromatic ring is 1. The number of hydrogen-bond acceptors (Lipinski definition) is 10. The van der Waals surface area contributed by atoms with Crippen molar-refractivity contribution in [2.24, 2.45) is 17.8 Å². The smallest absolute Gasteiger partial charge is 0.316 e. The number of rotatable bonds is 10. The van der Waals surface area contributed by atoms with E-state index in [0.29, 0.717) is 44.6 Å². The molecule has 1 saturated heterocycles. The zero-order valence-corrected chi connectivity index (χ0v) is 30.5. The zero-order chi connectivity index (χ0) is 36.5.